The monoisotopic (exact) mass is 280 g/mol. The van der Waals surface area contributed by atoms with Gasteiger partial charge in [-0.2, -0.15) is 5.10 Å². The van der Waals surface area contributed by atoms with E-state index in [0.29, 0.717) is 6.54 Å². The number of nitrogens with two attached hydrogens (primary N) is 1. The molecule has 0 unspecified atom stereocenters. The largest absolute Gasteiger partial charge is 0.394 e. The van der Waals surface area contributed by atoms with Crippen LogP contribution in [0.1, 0.15) is 15.9 Å². The molecule has 2 aromatic rings. The van der Waals surface area contributed by atoms with Crippen molar-refractivity contribution < 1.29 is 13.6 Å². The number of aromatic nitrogens is 2. The van der Waals surface area contributed by atoms with Crippen molar-refractivity contribution in [1.29, 1.82) is 0 Å². The summed E-state index contributed by atoms with van der Waals surface area (Å²) in [5.74, 6) is -2.38. The lowest BCUT2D eigenvalue weighted by Gasteiger charge is -2.16. The summed E-state index contributed by atoms with van der Waals surface area (Å²) < 4.78 is 28.3. The smallest absolute Gasteiger partial charge is 0.254 e. The second kappa shape index (κ2) is 5.28. The maximum Gasteiger partial charge on any atom is 0.254 e. The zero-order valence-corrected chi connectivity index (χ0v) is 11.1. The molecule has 0 atom stereocenters. The molecule has 0 saturated carbocycles. The molecule has 1 amide bonds. The second-order valence-corrected chi connectivity index (χ2v) is 4.54. The van der Waals surface area contributed by atoms with Crippen LogP contribution in [0, 0.1) is 11.6 Å². The van der Waals surface area contributed by atoms with Crippen molar-refractivity contribution in [3.05, 3.63) is 47.3 Å². The Bertz CT molecular complexity index is 631. The van der Waals surface area contributed by atoms with E-state index < -0.39 is 23.2 Å². The van der Waals surface area contributed by atoms with Crippen molar-refractivity contribution in [2.45, 2.75) is 6.54 Å². The highest BCUT2D eigenvalue weighted by Gasteiger charge is 2.17. The van der Waals surface area contributed by atoms with Crippen LogP contribution in [0.15, 0.2) is 24.5 Å². The average molecular weight is 280 g/mol. The Kier molecular flexibility index (Phi) is 3.69. The Morgan fingerprint density at radius 1 is 1.40 bits per heavy atom. The topological polar surface area (TPSA) is 64.2 Å². The molecule has 1 aromatic heterocycles. The van der Waals surface area contributed by atoms with E-state index in [4.69, 9.17) is 5.73 Å². The summed E-state index contributed by atoms with van der Waals surface area (Å²) in [6.45, 7) is 0.292. The summed E-state index contributed by atoms with van der Waals surface area (Å²) in [5, 5.41) is 3.98. The van der Waals surface area contributed by atoms with Crippen molar-refractivity contribution >= 4 is 11.6 Å². The fourth-order valence-electron chi connectivity index (χ4n) is 1.83. The number of aryl methyl sites for hydroxylation is 1. The summed E-state index contributed by atoms with van der Waals surface area (Å²) in [6, 6.07) is 1.86. The highest BCUT2D eigenvalue weighted by molar-refractivity contribution is 5.94. The first-order chi connectivity index (χ1) is 9.38. The number of carbonyl (C=O) groups excluding carboxylic acids is 1. The van der Waals surface area contributed by atoms with Crippen LogP contribution < -0.4 is 5.73 Å². The zero-order chi connectivity index (χ0) is 14.9. The summed E-state index contributed by atoms with van der Waals surface area (Å²) in [5.41, 5.74) is 5.32. The molecule has 0 fully saturated rings. The molecule has 2 rings (SSSR count). The number of nitrogen functional groups attached to an aromatic ring is 1. The number of amides is 1. The summed E-state index contributed by atoms with van der Waals surface area (Å²) in [6.07, 6.45) is 3.38. The second-order valence-electron chi connectivity index (χ2n) is 4.54. The van der Waals surface area contributed by atoms with Crippen molar-refractivity contribution in [2.24, 2.45) is 7.05 Å². The van der Waals surface area contributed by atoms with Gasteiger partial charge in [0.2, 0.25) is 0 Å². The van der Waals surface area contributed by atoms with Gasteiger partial charge in [-0.15, -0.1) is 0 Å². The van der Waals surface area contributed by atoms with E-state index in [9.17, 15) is 13.6 Å². The number of anilines is 1. The predicted molar refractivity (Wildman–Crippen MR) is 69.8 cm³/mol. The van der Waals surface area contributed by atoms with Crippen LogP contribution in [0.2, 0.25) is 0 Å². The molecule has 1 heterocycles. The van der Waals surface area contributed by atoms with Gasteiger partial charge < -0.3 is 10.6 Å². The van der Waals surface area contributed by atoms with Gasteiger partial charge in [0.05, 0.1) is 6.20 Å². The summed E-state index contributed by atoms with van der Waals surface area (Å²) in [4.78, 5) is 13.4. The molecule has 1 aromatic carbocycles. The number of carbonyl (C=O) groups is 1. The van der Waals surface area contributed by atoms with E-state index in [0.717, 1.165) is 17.7 Å². The number of halogens is 2. The van der Waals surface area contributed by atoms with Gasteiger partial charge in [0.15, 0.2) is 0 Å². The third kappa shape index (κ3) is 2.76. The van der Waals surface area contributed by atoms with Crippen molar-refractivity contribution in [3.8, 4) is 0 Å². The minimum absolute atomic E-state index is 0.0828. The van der Waals surface area contributed by atoms with E-state index in [1.807, 2.05) is 0 Å². The Hall–Kier alpha value is -2.44. The summed E-state index contributed by atoms with van der Waals surface area (Å²) in [7, 11) is 3.30. The molecule has 20 heavy (non-hydrogen) atoms. The molecule has 106 valence electrons. The first kappa shape index (κ1) is 14.0. The molecule has 0 bridgehead atoms. The molecule has 0 saturated heterocycles. The van der Waals surface area contributed by atoms with Gasteiger partial charge in [0.1, 0.15) is 17.3 Å². The first-order valence-electron chi connectivity index (χ1n) is 5.86. The molecule has 0 aliphatic heterocycles. The average Bonchev–Trinajstić information content (AvgIpc) is 2.79. The van der Waals surface area contributed by atoms with Crippen LogP contribution >= 0.6 is 0 Å². The maximum atomic E-state index is 13.3. The minimum atomic E-state index is -0.942. The lowest BCUT2D eigenvalue weighted by molar-refractivity contribution is 0.0784. The van der Waals surface area contributed by atoms with E-state index >= 15 is 0 Å². The highest BCUT2D eigenvalue weighted by atomic mass is 19.1. The number of nitrogens with zero attached hydrogens (tertiary/aromatic N) is 3. The third-order valence-corrected chi connectivity index (χ3v) is 2.85. The van der Waals surface area contributed by atoms with E-state index in [2.05, 4.69) is 5.10 Å². The standard InChI is InChI=1S/C13H14F2N4O/c1-18(6-8-5-17-19(2)7-8)13(20)9-3-10(14)12(16)11(15)4-9/h3-5,7H,6,16H2,1-2H3. The SMILES string of the molecule is CN(Cc1cnn(C)c1)C(=O)c1cc(F)c(N)c(F)c1. The number of hydrogen-bond donors (Lipinski definition) is 1. The molecule has 0 spiro atoms. The predicted octanol–water partition coefficient (Wildman–Crippen LogP) is 1.55. The fraction of sp³-hybridized carbons (Fsp3) is 0.231. The third-order valence-electron chi connectivity index (χ3n) is 2.85. The zero-order valence-electron chi connectivity index (χ0n) is 11.1. The lowest BCUT2D eigenvalue weighted by Crippen LogP contribution is -2.26. The molecule has 7 heteroatoms. The molecule has 2 N–H and O–H groups in total. The molecule has 0 aliphatic carbocycles. The van der Waals surface area contributed by atoms with Crippen LogP contribution in [-0.4, -0.2) is 27.6 Å². The quantitative estimate of drug-likeness (QED) is 0.868. The van der Waals surface area contributed by atoms with Gasteiger partial charge in [0, 0.05) is 38.0 Å². The van der Waals surface area contributed by atoms with Crippen molar-refractivity contribution in [1.82, 2.24) is 14.7 Å². The van der Waals surface area contributed by atoms with Crippen LogP contribution in [-0.2, 0) is 13.6 Å². The molecule has 0 aliphatic rings. The van der Waals surface area contributed by atoms with Crippen LogP contribution in [0.4, 0.5) is 14.5 Å². The van der Waals surface area contributed by atoms with Crippen molar-refractivity contribution in [3.63, 3.8) is 0 Å². The van der Waals surface area contributed by atoms with Crippen LogP contribution in [0.25, 0.3) is 0 Å². The Morgan fingerprint density at radius 2 is 2.00 bits per heavy atom. The number of hydrogen-bond acceptors (Lipinski definition) is 3. The van der Waals surface area contributed by atoms with Crippen LogP contribution in [0.3, 0.4) is 0 Å². The maximum absolute atomic E-state index is 13.3. The van der Waals surface area contributed by atoms with Gasteiger partial charge in [-0.3, -0.25) is 9.48 Å². The Labute approximate surface area is 114 Å². The van der Waals surface area contributed by atoms with Gasteiger partial charge in [0.25, 0.3) is 5.91 Å². The first-order valence-corrected chi connectivity index (χ1v) is 5.86. The normalized spacial score (nSPS) is 10.6. The molecular formula is C13H14F2N4O. The minimum Gasteiger partial charge on any atom is -0.394 e. The summed E-state index contributed by atoms with van der Waals surface area (Å²) >= 11 is 0. The Balaban J connectivity index is 2.18. The van der Waals surface area contributed by atoms with Gasteiger partial charge in [-0.1, -0.05) is 0 Å². The van der Waals surface area contributed by atoms with E-state index in [1.165, 1.54) is 4.90 Å². The van der Waals surface area contributed by atoms with Crippen molar-refractivity contribution in [2.75, 3.05) is 12.8 Å². The van der Waals surface area contributed by atoms with E-state index in [1.54, 1.807) is 31.2 Å². The highest BCUT2D eigenvalue weighted by Crippen LogP contribution is 2.18. The Morgan fingerprint density at radius 3 is 2.50 bits per heavy atom. The van der Waals surface area contributed by atoms with Gasteiger partial charge >= 0.3 is 0 Å². The lowest BCUT2D eigenvalue weighted by atomic mass is 10.1. The molecule has 5 nitrogen and oxygen atoms in total. The number of rotatable bonds is 3. The van der Waals surface area contributed by atoms with Crippen LogP contribution in [0.5, 0.6) is 0 Å². The van der Waals surface area contributed by atoms with E-state index in [-0.39, 0.29) is 5.56 Å². The molecule has 0 radical (unpaired) electrons. The number of benzene rings is 1. The fourth-order valence-corrected chi connectivity index (χ4v) is 1.83. The molecular weight excluding hydrogens is 266 g/mol. The van der Waals surface area contributed by atoms with Gasteiger partial charge in [-0.25, -0.2) is 8.78 Å². The van der Waals surface area contributed by atoms with Gasteiger partial charge in [-0.05, 0) is 12.1 Å².